The number of benzene rings is 1. The molecule has 0 unspecified atom stereocenters. The number of piperidine rings is 1. The van der Waals surface area contributed by atoms with Gasteiger partial charge in [-0.15, -0.1) is 0 Å². The molecule has 0 atom stereocenters. The molecule has 6 heteroatoms. The maximum atomic E-state index is 13.0. The van der Waals surface area contributed by atoms with Gasteiger partial charge in [-0.25, -0.2) is 0 Å². The van der Waals surface area contributed by atoms with Crippen molar-refractivity contribution in [1.82, 2.24) is 15.0 Å². The molecule has 0 N–H and O–H groups in total. The first-order valence-electron chi connectivity index (χ1n) is 10.7. The number of hydrogen-bond donors (Lipinski definition) is 0. The van der Waals surface area contributed by atoms with Gasteiger partial charge in [-0.3, -0.25) is 4.79 Å². The monoisotopic (exact) mass is 398 g/mol. The zero-order valence-corrected chi connectivity index (χ0v) is 18.2. The lowest BCUT2D eigenvalue weighted by atomic mass is 10.0. The summed E-state index contributed by atoms with van der Waals surface area (Å²) in [5, 5.41) is 4.45. The van der Waals surface area contributed by atoms with Crippen molar-refractivity contribution in [3.8, 4) is 11.3 Å². The molecule has 29 heavy (non-hydrogen) atoms. The van der Waals surface area contributed by atoms with Crippen LogP contribution in [-0.4, -0.2) is 61.1 Å². The Morgan fingerprint density at radius 1 is 1.10 bits per heavy atom. The van der Waals surface area contributed by atoms with E-state index in [1.807, 2.05) is 51.0 Å². The molecule has 1 saturated heterocycles. The lowest BCUT2D eigenvalue weighted by Crippen LogP contribution is -2.39. The zero-order chi connectivity index (χ0) is 20.8. The van der Waals surface area contributed by atoms with E-state index >= 15 is 0 Å². The molecule has 3 rings (SSSR count). The highest BCUT2D eigenvalue weighted by Gasteiger charge is 2.27. The number of anilines is 1. The molecule has 1 aromatic carbocycles. The van der Waals surface area contributed by atoms with Crippen molar-refractivity contribution in [3.05, 3.63) is 35.9 Å². The average Bonchev–Trinajstić information content (AvgIpc) is 3.15. The summed E-state index contributed by atoms with van der Waals surface area (Å²) in [6.07, 6.45) is 3.58. The number of nitrogens with zero attached hydrogens (tertiary/aromatic N) is 4. The largest absolute Gasteiger partial charge is 0.340 e. The molecule has 6 nitrogen and oxygen atoms in total. The van der Waals surface area contributed by atoms with Crippen molar-refractivity contribution in [1.29, 1.82) is 0 Å². The van der Waals surface area contributed by atoms with Gasteiger partial charge in [0.2, 0.25) is 11.8 Å². The fourth-order valence-electron chi connectivity index (χ4n) is 3.76. The highest BCUT2D eigenvalue weighted by atomic mass is 16.5. The van der Waals surface area contributed by atoms with Crippen molar-refractivity contribution < 1.29 is 9.32 Å². The summed E-state index contributed by atoms with van der Waals surface area (Å²) < 4.78 is 5.88. The third-order valence-corrected chi connectivity index (χ3v) is 5.43. The number of carbonyl (C=O) groups is 1. The van der Waals surface area contributed by atoms with Gasteiger partial charge in [-0.2, -0.15) is 0 Å². The summed E-state index contributed by atoms with van der Waals surface area (Å²) >= 11 is 0. The molecule has 1 aliphatic rings. The van der Waals surface area contributed by atoms with Crippen molar-refractivity contribution >= 4 is 11.8 Å². The maximum Gasteiger partial charge on any atom is 0.232 e. The minimum atomic E-state index is -0.0457. The fourth-order valence-corrected chi connectivity index (χ4v) is 3.76. The quantitative estimate of drug-likeness (QED) is 0.675. The lowest BCUT2D eigenvalue weighted by molar-refractivity contribution is -0.135. The number of amides is 1. The van der Waals surface area contributed by atoms with Crippen LogP contribution in [0, 0.1) is 5.92 Å². The summed E-state index contributed by atoms with van der Waals surface area (Å²) in [7, 11) is 4.07. The molecule has 1 fully saturated rings. The standard InChI is InChI=1S/C23H34N4O2/c1-18(2)22(28)27(16-15-25(3)4)17-20-21(19-11-7-5-8-12-19)24-29-23(20)26-13-9-6-10-14-26/h5,7-8,11-12,18H,6,9-10,13-17H2,1-4H3. The molecule has 0 saturated carbocycles. The average molecular weight is 399 g/mol. The van der Waals surface area contributed by atoms with Gasteiger partial charge in [0.05, 0.1) is 12.1 Å². The second-order valence-electron chi connectivity index (χ2n) is 8.45. The number of carbonyl (C=O) groups excluding carboxylic acids is 1. The second-order valence-corrected chi connectivity index (χ2v) is 8.45. The van der Waals surface area contributed by atoms with Gasteiger partial charge in [0, 0.05) is 37.7 Å². The van der Waals surface area contributed by atoms with E-state index in [-0.39, 0.29) is 11.8 Å². The molecule has 0 spiro atoms. The van der Waals surface area contributed by atoms with Crippen LogP contribution in [0.2, 0.25) is 0 Å². The zero-order valence-electron chi connectivity index (χ0n) is 18.2. The SMILES string of the molecule is CC(C)C(=O)N(CCN(C)C)Cc1c(-c2ccccc2)noc1N1CCCCC1. The number of hydrogen-bond acceptors (Lipinski definition) is 5. The van der Waals surface area contributed by atoms with E-state index in [9.17, 15) is 4.79 Å². The Kier molecular flexibility index (Phi) is 7.31. The Morgan fingerprint density at radius 3 is 2.41 bits per heavy atom. The van der Waals surface area contributed by atoms with E-state index in [1.54, 1.807) is 0 Å². The van der Waals surface area contributed by atoms with Gasteiger partial charge in [0.15, 0.2) is 0 Å². The molecule has 2 heterocycles. The van der Waals surface area contributed by atoms with Crippen molar-refractivity contribution in [3.63, 3.8) is 0 Å². The van der Waals surface area contributed by atoms with Crippen LogP contribution in [0.5, 0.6) is 0 Å². The number of rotatable bonds is 8. The Labute approximate surface area is 174 Å². The molecular formula is C23H34N4O2. The van der Waals surface area contributed by atoms with E-state index in [0.29, 0.717) is 13.1 Å². The van der Waals surface area contributed by atoms with E-state index < -0.39 is 0 Å². The van der Waals surface area contributed by atoms with Gasteiger partial charge in [-0.05, 0) is 33.4 Å². The predicted molar refractivity (Wildman–Crippen MR) is 117 cm³/mol. The Hall–Kier alpha value is -2.34. The third kappa shape index (κ3) is 5.38. The minimum absolute atomic E-state index is 0.0457. The van der Waals surface area contributed by atoms with Crippen LogP contribution in [0.15, 0.2) is 34.9 Å². The van der Waals surface area contributed by atoms with Crippen LogP contribution in [0.4, 0.5) is 5.88 Å². The van der Waals surface area contributed by atoms with Crippen LogP contribution in [0.1, 0.15) is 38.7 Å². The summed E-state index contributed by atoms with van der Waals surface area (Å²) in [6, 6.07) is 10.1. The molecule has 158 valence electrons. The fraction of sp³-hybridized carbons (Fsp3) is 0.565. The van der Waals surface area contributed by atoms with Crippen LogP contribution in [0.25, 0.3) is 11.3 Å². The molecule has 0 aliphatic carbocycles. The highest BCUT2D eigenvalue weighted by Crippen LogP contribution is 2.34. The van der Waals surface area contributed by atoms with Gasteiger partial charge in [0.1, 0.15) is 5.69 Å². The first kappa shape index (κ1) is 21.4. The Bertz CT molecular complexity index is 779. The Morgan fingerprint density at radius 2 is 1.79 bits per heavy atom. The molecule has 2 aromatic rings. The predicted octanol–water partition coefficient (Wildman–Crippen LogP) is 3.88. The minimum Gasteiger partial charge on any atom is -0.340 e. The molecular weight excluding hydrogens is 364 g/mol. The lowest BCUT2D eigenvalue weighted by Gasteiger charge is -2.29. The van der Waals surface area contributed by atoms with Gasteiger partial charge in [0.25, 0.3) is 0 Å². The van der Waals surface area contributed by atoms with Gasteiger partial charge in [-0.1, -0.05) is 49.3 Å². The topological polar surface area (TPSA) is 52.8 Å². The van der Waals surface area contributed by atoms with E-state index in [4.69, 9.17) is 4.52 Å². The van der Waals surface area contributed by atoms with Crippen LogP contribution < -0.4 is 4.90 Å². The van der Waals surface area contributed by atoms with Gasteiger partial charge >= 0.3 is 0 Å². The molecule has 0 radical (unpaired) electrons. The Balaban J connectivity index is 1.96. The first-order chi connectivity index (χ1) is 14.0. The van der Waals surface area contributed by atoms with E-state index in [1.165, 1.54) is 6.42 Å². The number of aromatic nitrogens is 1. The van der Waals surface area contributed by atoms with Crippen molar-refractivity contribution in [2.24, 2.45) is 5.92 Å². The summed E-state index contributed by atoms with van der Waals surface area (Å²) in [5.41, 5.74) is 2.89. The second kappa shape index (κ2) is 9.92. The summed E-state index contributed by atoms with van der Waals surface area (Å²) in [6.45, 7) is 7.90. The van der Waals surface area contributed by atoms with Crippen LogP contribution in [-0.2, 0) is 11.3 Å². The smallest absolute Gasteiger partial charge is 0.232 e. The number of likely N-dealkylation sites (N-methyl/N-ethyl adjacent to an activating group) is 1. The third-order valence-electron chi connectivity index (χ3n) is 5.43. The normalized spacial score (nSPS) is 14.6. The highest BCUT2D eigenvalue weighted by molar-refractivity contribution is 5.79. The maximum absolute atomic E-state index is 13.0. The first-order valence-corrected chi connectivity index (χ1v) is 10.7. The molecule has 1 aliphatic heterocycles. The van der Waals surface area contributed by atoms with Crippen LogP contribution in [0.3, 0.4) is 0 Å². The molecule has 1 amide bonds. The summed E-state index contributed by atoms with van der Waals surface area (Å²) in [4.78, 5) is 19.3. The molecule has 1 aromatic heterocycles. The van der Waals surface area contributed by atoms with E-state index in [0.717, 1.165) is 55.2 Å². The van der Waals surface area contributed by atoms with Crippen LogP contribution >= 0.6 is 0 Å². The molecule has 0 bridgehead atoms. The van der Waals surface area contributed by atoms with Crippen molar-refractivity contribution in [2.45, 2.75) is 39.7 Å². The van der Waals surface area contributed by atoms with Crippen molar-refractivity contribution in [2.75, 3.05) is 45.2 Å². The van der Waals surface area contributed by atoms with Gasteiger partial charge < -0.3 is 19.2 Å². The summed E-state index contributed by atoms with van der Waals surface area (Å²) in [5.74, 6) is 0.947. The van der Waals surface area contributed by atoms with E-state index in [2.05, 4.69) is 27.1 Å².